The van der Waals surface area contributed by atoms with Crippen molar-refractivity contribution in [1.82, 2.24) is 5.32 Å². The molecular weight excluding hydrogens is 540 g/mol. The lowest BCUT2D eigenvalue weighted by Crippen LogP contribution is -2.70. The van der Waals surface area contributed by atoms with Crippen molar-refractivity contribution in [2.75, 3.05) is 19.7 Å². The second kappa shape index (κ2) is 14.3. The highest BCUT2D eigenvalue weighted by Crippen LogP contribution is 2.31. The van der Waals surface area contributed by atoms with Gasteiger partial charge in [-0.15, -0.1) is 0 Å². The molecule has 0 unspecified atom stereocenters. The Kier molecular flexibility index (Phi) is 11.9. The van der Waals surface area contributed by atoms with Crippen LogP contribution < -0.4 is 34.0 Å². The number of nitrogens with two attached hydrogens (primary N) is 5. The van der Waals surface area contributed by atoms with Crippen molar-refractivity contribution in [2.24, 2.45) is 28.7 Å². The molecule has 18 N–H and O–H groups in total. The van der Waals surface area contributed by atoms with Crippen molar-refractivity contribution in [1.29, 1.82) is 0 Å². The van der Waals surface area contributed by atoms with Gasteiger partial charge in [-0.1, -0.05) is 0 Å². The first-order valence-electron chi connectivity index (χ1n) is 13.1. The van der Waals surface area contributed by atoms with Gasteiger partial charge in [0.05, 0.1) is 24.7 Å². The summed E-state index contributed by atoms with van der Waals surface area (Å²) in [5.74, 6) is -0.825. The van der Waals surface area contributed by atoms with Crippen LogP contribution in [0.5, 0.6) is 0 Å². The molecule has 234 valence electrons. The molecule has 18 heteroatoms. The van der Waals surface area contributed by atoms with Gasteiger partial charge < -0.3 is 88.7 Å². The fraction of sp³-hybridized carbons (Fsp3) is 0.955. The minimum absolute atomic E-state index is 0.0219. The number of rotatable bonds is 10. The van der Waals surface area contributed by atoms with Crippen LogP contribution in [0.4, 0.5) is 0 Å². The average Bonchev–Trinajstić information content (AvgIpc) is 2.92. The number of ether oxygens (including phenoxy) is 4. The van der Waals surface area contributed by atoms with Gasteiger partial charge in [0.15, 0.2) is 12.6 Å². The minimum Gasteiger partial charge on any atom is -0.394 e. The third kappa shape index (κ3) is 7.06. The van der Waals surface area contributed by atoms with E-state index in [0.717, 1.165) is 0 Å². The molecule has 0 bridgehead atoms. The van der Waals surface area contributed by atoms with Crippen molar-refractivity contribution >= 4 is 5.91 Å². The Morgan fingerprint density at radius 3 is 2.08 bits per heavy atom. The molecule has 40 heavy (non-hydrogen) atoms. The second-order valence-corrected chi connectivity index (χ2v) is 10.4. The lowest BCUT2D eigenvalue weighted by Gasteiger charge is -2.49. The number of carbonyl (C=O) groups is 1. The molecule has 0 aromatic heterocycles. The number of amides is 1. The molecule has 2 saturated heterocycles. The van der Waals surface area contributed by atoms with Crippen molar-refractivity contribution in [2.45, 2.75) is 111 Å². The number of carbonyl (C=O) groups excluding carboxylic acids is 1. The van der Waals surface area contributed by atoms with Gasteiger partial charge in [0.2, 0.25) is 5.91 Å². The quantitative estimate of drug-likeness (QED) is 0.113. The smallest absolute Gasteiger partial charge is 0.249 e. The van der Waals surface area contributed by atoms with E-state index in [1.54, 1.807) is 0 Å². The van der Waals surface area contributed by atoms with Crippen molar-refractivity contribution < 1.29 is 59.5 Å². The molecule has 0 aromatic rings. The largest absolute Gasteiger partial charge is 0.394 e. The van der Waals surface area contributed by atoms with Crippen LogP contribution in [0.3, 0.4) is 0 Å². The van der Waals surface area contributed by atoms with E-state index in [-0.39, 0.29) is 25.9 Å². The van der Waals surface area contributed by atoms with E-state index in [2.05, 4.69) is 5.32 Å². The molecule has 0 radical (unpaired) electrons. The molecule has 16 atom stereocenters. The van der Waals surface area contributed by atoms with Crippen LogP contribution in [-0.2, 0) is 23.7 Å². The molecule has 1 aliphatic carbocycles. The summed E-state index contributed by atoms with van der Waals surface area (Å²) < 4.78 is 22.8. The van der Waals surface area contributed by atoms with Gasteiger partial charge in [0, 0.05) is 12.6 Å². The van der Waals surface area contributed by atoms with Gasteiger partial charge in [0.1, 0.15) is 61.0 Å². The number of nitrogens with one attached hydrogen (secondary N) is 1. The molecule has 3 rings (SSSR count). The highest BCUT2D eigenvalue weighted by molar-refractivity contribution is 5.80. The summed E-state index contributed by atoms with van der Waals surface area (Å²) in [7, 11) is 0. The van der Waals surface area contributed by atoms with Crippen LogP contribution in [0.1, 0.15) is 12.8 Å². The van der Waals surface area contributed by atoms with E-state index in [0.29, 0.717) is 0 Å². The highest BCUT2D eigenvalue weighted by atomic mass is 16.7. The highest BCUT2D eigenvalue weighted by Gasteiger charge is 2.52. The van der Waals surface area contributed by atoms with Gasteiger partial charge in [-0.2, -0.15) is 0 Å². The molecular formula is C22H44N6O12. The summed E-state index contributed by atoms with van der Waals surface area (Å²) in [5.41, 5.74) is 29.2. The van der Waals surface area contributed by atoms with Gasteiger partial charge in [-0.05, 0) is 19.4 Å². The Hall–Kier alpha value is -1.17. The first-order chi connectivity index (χ1) is 18.9. The van der Waals surface area contributed by atoms with Crippen LogP contribution in [0.15, 0.2) is 0 Å². The predicted molar refractivity (Wildman–Crippen MR) is 133 cm³/mol. The van der Waals surface area contributed by atoms with Gasteiger partial charge in [-0.3, -0.25) is 4.79 Å². The third-order valence-corrected chi connectivity index (χ3v) is 7.59. The summed E-state index contributed by atoms with van der Waals surface area (Å²) in [5, 5.41) is 74.8. The summed E-state index contributed by atoms with van der Waals surface area (Å²) in [6.45, 7) is -0.817. The number of hydrogen-bond donors (Lipinski definition) is 13. The SMILES string of the molecule is NCC[C@H](O)C(=O)N[C@@H]1C[C@@H](N)[C@@H](O[C@H]2O[C@@H](CN)[C@@H](O)[C@H](O)[C@H]2N)[C@@H](O)[C@@H]1O[C@H]1O[C@@H](CO)[C@@H](O)[C@H](N)[C@H]1O. The van der Waals surface area contributed by atoms with E-state index in [9.17, 15) is 40.5 Å². The zero-order chi connectivity index (χ0) is 29.9. The molecule has 0 spiro atoms. The lowest BCUT2D eigenvalue weighted by molar-refractivity contribution is -0.319. The number of hydrogen-bond acceptors (Lipinski definition) is 17. The fourth-order valence-corrected chi connectivity index (χ4v) is 5.11. The van der Waals surface area contributed by atoms with Crippen LogP contribution in [0, 0.1) is 0 Å². The Balaban J connectivity index is 1.85. The topological polar surface area (TPSA) is 338 Å². The molecule has 2 heterocycles. The van der Waals surface area contributed by atoms with E-state index in [1.165, 1.54) is 0 Å². The predicted octanol–water partition coefficient (Wildman–Crippen LogP) is -8.46. The molecule has 1 saturated carbocycles. The van der Waals surface area contributed by atoms with Crippen molar-refractivity contribution in [3.8, 4) is 0 Å². The summed E-state index contributed by atoms with van der Waals surface area (Å²) in [6.07, 6.45) is -17.1. The van der Waals surface area contributed by atoms with Gasteiger partial charge >= 0.3 is 0 Å². The molecule has 0 aromatic carbocycles. The van der Waals surface area contributed by atoms with Crippen LogP contribution in [-0.4, -0.2) is 159 Å². The Bertz CT molecular complexity index is 816. The Labute approximate surface area is 230 Å². The molecule has 1 amide bonds. The zero-order valence-electron chi connectivity index (χ0n) is 21.8. The van der Waals surface area contributed by atoms with E-state index in [1.807, 2.05) is 0 Å². The normalized spacial score (nSPS) is 47.0. The Morgan fingerprint density at radius 1 is 0.850 bits per heavy atom. The van der Waals surface area contributed by atoms with Gasteiger partial charge in [-0.25, -0.2) is 0 Å². The third-order valence-electron chi connectivity index (χ3n) is 7.59. The van der Waals surface area contributed by atoms with Crippen molar-refractivity contribution in [3.63, 3.8) is 0 Å². The monoisotopic (exact) mass is 584 g/mol. The number of aliphatic hydroxyl groups excluding tert-OH is 7. The van der Waals surface area contributed by atoms with Crippen LogP contribution >= 0.6 is 0 Å². The maximum atomic E-state index is 12.6. The lowest BCUT2D eigenvalue weighted by atomic mass is 9.83. The van der Waals surface area contributed by atoms with Crippen molar-refractivity contribution in [3.05, 3.63) is 0 Å². The summed E-state index contributed by atoms with van der Waals surface area (Å²) in [6, 6.07) is -4.61. The van der Waals surface area contributed by atoms with Crippen LogP contribution in [0.25, 0.3) is 0 Å². The van der Waals surface area contributed by atoms with E-state index < -0.39 is 110 Å². The maximum Gasteiger partial charge on any atom is 0.249 e. The summed E-state index contributed by atoms with van der Waals surface area (Å²) in [4.78, 5) is 12.6. The maximum absolute atomic E-state index is 12.6. The number of aliphatic hydroxyl groups is 7. The first kappa shape index (κ1) is 33.3. The van der Waals surface area contributed by atoms with E-state index in [4.69, 9.17) is 47.6 Å². The molecule has 2 aliphatic heterocycles. The average molecular weight is 585 g/mol. The molecule has 18 nitrogen and oxygen atoms in total. The first-order valence-corrected chi connectivity index (χ1v) is 13.1. The zero-order valence-corrected chi connectivity index (χ0v) is 21.8. The molecule has 3 aliphatic rings. The van der Waals surface area contributed by atoms with Crippen LogP contribution in [0.2, 0.25) is 0 Å². The molecule has 3 fully saturated rings. The fourth-order valence-electron chi connectivity index (χ4n) is 5.11. The Morgan fingerprint density at radius 2 is 1.48 bits per heavy atom. The standard InChI is InChI=1S/C22H44N6O12/c23-2-1-8(30)20(36)28-7-3-6(25)18(39-21-12(27)15(33)14(32)9(4-24)37-21)17(35)19(7)40-22-16(34)11(26)13(31)10(5-29)38-22/h6-19,21-22,29-35H,1-5,23-27H2,(H,28,36)/t6-,7-,8+,9+,10+,11+,12-,13-,14-,15-,16-,17-,18-,19-,21-,22-/m1/s1. The van der Waals surface area contributed by atoms with E-state index >= 15 is 0 Å². The second-order valence-electron chi connectivity index (χ2n) is 10.4. The van der Waals surface area contributed by atoms with Gasteiger partial charge in [0.25, 0.3) is 0 Å². The minimum atomic E-state index is -1.66. The summed E-state index contributed by atoms with van der Waals surface area (Å²) >= 11 is 0.